The summed E-state index contributed by atoms with van der Waals surface area (Å²) in [6, 6.07) is 8.27. The fraction of sp³-hybridized carbons (Fsp3) is 0.500. The summed E-state index contributed by atoms with van der Waals surface area (Å²) in [7, 11) is 0. The average Bonchev–Trinajstić information content (AvgIpc) is 2.96. The maximum absolute atomic E-state index is 13.1. The summed E-state index contributed by atoms with van der Waals surface area (Å²) < 4.78 is 26.8. The molecule has 1 aromatic carbocycles. The van der Waals surface area contributed by atoms with Crippen molar-refractivity contribution in [2.75, 3.05) is 19.6 Å². The van der Waals surface area contributed by atoms with Crippen LogP contribution in [0.3, 0.4) is 0 Å². The highest BCUT2D eigenvalue weighted by Gasteiger charge is 2.29. The largest absolute Gasteiger partial charge is 0.333 e. The predicted octanol–water partition coefficient (Wildman–Crippen LogP) is 3.59. The molecule has 1 unspecified atom stereocenters. The summed E-state index contributed by atoms with van der Waals surface area (Å²) in [6.07, 6.45) is 1.06. The summed E-state index contributed by atoms with van der Waals surface area (Å²) in [5, 5.41) is 7.23. The Hall–Kier alpha value is -1.99. The molecule has 2 aromatic rings. The summed E-state index contributed by atoms with van der Waals surface area (Å²) in [4.78, 5) is 14.9. The Morgan fingerprint density at radius 2 is 1.96 bits per heavy atom. The highest BCUT2D eigenvalue weighted by atomic mass is 35.5. The quantitative estimate of drug-likeness (QED) is 0.816. The first kappa shape index (κ1) is 22.3. The molecular formula is C20H27ClF2N4O. The number of aromatic nitrogens is 2. The molecule has 154 valence electrons. The topological polar surface area (TPSA) is 50.2 Å². The molecule has 1 aromatic heterocycles. The van der Waals surface area contributed by atoms with E-state index in [0.717, 1.165) is 18.5 Å². The summed E-state index contributed by atoms with van der Waals surface area (Å²) in [6.45, 7) is 4.68. The van der Waals surface area contributed by atoms with Crippen molar-refractivity contribution in [1.82, 2.24) is 20.0 Å². The van der Waals surface area contributed by atoms with Gasteiger partial charge in [-0.05, 0) is 31.4 Å². The third-order valence-corrected chi connectivity index (χ3v) is 5.32. The van der Waals surface area contributed by atoms with Crippen molar-refractivity contribution in [3.05, 3.63) is 52.3 Å². The van der Waals surface area contributed by atoms with Crippen LogP contribution in [0.1, 0.15) is 47.6 Å². The number of carbonyl (C=O) groups is 1. The van der Waals surface area contributed by atoms with E-state index >= 15 is 0 Å². The fourth-order valence-electron chi connectivity index (χ4n) is 3.67. The standard InChI is InChI=1S/C20H26F2N4O.ClH/c1-4-15-5-7-16(8-6-15)18-12-23-9-10-25(18)19(27)11-17-13(2)24-26(14(17)3)20(21)22;/h5-8,18,20,23H,4,9-12H2,1-3H3;1H. The molecule has 1 atom stereocenters. The lowest BCUT2D eigenvalue weighted by molar-refractivity contribution is -0.133. The maximum atomic E-state index is 13.1. The Morgan fingerprint density at radius 1 is 1.29 bits per heavy atom. The minimum Gasteiger partial charge on any atom is -0.333 e. The molecule has 3 rings (SSSR count). The highest BCUT2D eigenvalue weighted by molar-refractivity contribution is 5.85. The molecular weight excluding hydrogens is 386 g/mol. The van der Waals surface area contributed by atoms with Crippen LogP contribution in [-0.4, -0.2) is 40.2 Å². The van der Waals surface area contributed by atoms with Crippen molar-refractivity contribution in [3.8, 4) is 0 Å². The average molecular weight is 413 g/mol. The molecule has 8 heteroatoms. The van der Waals surface area contributed by atoms with Gasteiger partial charge >= 0.3 is 6.55 Å². The molecule has 28 heavy (non-hydrogen) atoms. The predicted molar refractivity (Wildman–Crippen MR) is 107 cm³/mol. The van der Waals surface area contributed by atoms with E-state index in [1.54, 1.807) is 13.8 Å². The molecule has 5 nitrogen and oxygen atoms in total. The van der Waals surface area contributed by atoms with E-state index in [9.17, 15) is 13.6 Å². The molecule has 1 fully saturated rings. The lowest BCUT2D eigenvalue weighted by Crippen LogP contribution is -2.49. The number of benzene rings is 1. The number of alkyl halides is 2. The van der Waals surface area contributed by atoms with Crippen LogP contribution in [0, 0.1) is 13.8 Å². The Balaban J connectivity index is 0.00000280. The van der Waals surface area contributed by atoms with Crippen LogP contribution in [0.15, 0.2) is 24.3 Å². The maximum Gasteiger partial charge on any atom is 0.333 e. The van der Waals surface area contributed by atoms with Crippen molar-refractivity contribution in [1.29, 1.82) is 0 Å². The molecule has 0 saturated carbocycles. The smallest absolute Gasteiger partial charge is 0.333 e. The second kappa shape index (κ2) is 9.47. The van der Waals surface area contributed by atoms with E-state index in [2.05, 4.69) is 41.6 Å². The van der Waals surface area contributed by atoms with Gasteiger partial charge in [0.25, 0.3) is 0 Å². The number of amides is 1. The van der Waals surface area contributed by atoms with Crippen LogP contribution in [0.5, 0.6) is 0 Å². The number of nitrogens with zero attached hydrogens (tertiary/aromatic N) is 3. The SMILES string of the molecule is CCc1ccc(C2CNCCN2C(=O)Cc2c(C)nn(C(F)F)c2C)cc1.Cl. The summed E-state index contributed by atoms with van der Waals surface area (Å²) >= 11 is 0. The molecule has 1 amide bonds. The van der Waals surface area contributed by atoms with Gasteiger partial charge in [0.15, 0.2) is 0 Å². The Bertz CT molecular complexity index is 807. The zero-order valence-corrected chi connectivity index (χ0v) is 17.2. The molecule has 1 aliphatic rings. The van der Waals surface area contributed by atoms with E-state index in [1.807, 2.05) is 4.90 Å². The molecule has 1 N–H and O–H groups in total. The number of piperazine rings is 1. The first-order chi connectivity index (χ1) is 12.9. The zero-order chi connectivity index (χ0) is 19.6. The van der Waals surface area contributed by atoms with Gasteiger partial charge in [0.2, 0.25) is 5.91 Å². The minimum absolute atomic E-state index is 0. The van der Waals surface area contributed by atoms with Gasteiger partial charge in [-0.1, -0.05) is 31.2 Å². The Kier molecular flexibility index (Phi) is 7.55. The molecule has 0 aliphatic carbocycles. The van der Waals surface area contributed by atoms with Crippen molar-refractivity contribution in [2.24, 2.45) is 0 Å². The normalized spacial score (nSPS) is 16.9. The number of rotatable bonds is 5. The van der Waals surface area contributed by atoms with Gasteiger partial charge in [0, 0.05) is 30.9 Å². The third-order valence-electron chi connectivity index (χ3n) is 5.32. The molecule has 0 spiro atoms. The van der Waals surface area contributed by atoms with Gasteiger partial charge in [0.05, 0.1) is 18.2 Å². The van der Waals surface area contributed by atoms with E-state index in [1.165, 1.54) is 5.56 Å². The molecule has 0 bridgehead atoms. The van der Waals surface area contributed by atoms with Gasteiger partial charge < -0.3 is 10.2 Å². The summed E-state index contributed by atoms with van der Waals surface area (Å²) in [5.74, 6) is -0.0546. The van der Waals surface area contributed by atoms with Gasteiger partial charge in [-0.2, -0.15) is 13.9 Å². The number of carbonyl (C=O) groups excluding carboxylic acids is 1. The van der Waals surface area contributed by atoms with Crippen LogP contribution in [0.4, 0.5) is 8.78 Å². The fourth-order valence-corrected chi connectivity index (χ4v) is 3.67. The van der Waals surface area contributed by atoms with Crippen LogP contribution in [0.2, 0.25) is 0 Å². The second-order valence-corrected chi connectivity index (χ2v) is 6.95. The van der Waals surface area contributed by atoms with Crippen LogP contribution < -0.4 is 5.32 Å². The van der Waals surface area contributed by atoms with Crippen LogP contribution in [-0.2, 0) is 17.6 Å². The zero-order valence-electron chi connectivity index (χ0n) is 16.4. The number of hydrogen-bond donors (Lipinski definition) is 1. The highest BCUT2D eigenvalue weighted by Crippen LogP contribution is 2.26. The number of aryl methyl sites for hydroxylation is 2. The second-order valence-electron chi connectivity index (χ2n) is 6.95. The van der Waals surface area contributed by atoms with Crippen molar-refractivity contribution in [2.45, 2.75) is 46.2 Å². The van der Waals surface area contributed by atoms with Gasteiger partial charge in [-0.15, -0.1) is 12.4 Å². The lowest BCUT2D eigenvalue weighted by Gasteiger charge is -2.37. The van der Waals surface area contributed by atoms with Crippen molar-refractivity contribution >= 4 is 18.3 Å². The first-order valence-electron chi connectivity index (χ1n) is 9.34. The molecule has 1 aliphatic heterocycles. The van der Waals surface area contributed by atoms with E-state index in [4.69, 9.17) is 0 Å². The molecule has 2 heterocycles. The van der Waals surface area contributed by atoms with E-state index in [-0.39, 0.29) is 30.8 Å². The summed E-state index contributed by atoms with van der Waals surface area (Å²) in [5.41, 5.74) is 3.78. The lowest BCUT2D eigenvalue weighted by atomic mass is 9.99. The minimum atomic E-state index is -2.70. The molecule has 0 radical (unpaired) electrons. The van der Waals surface area contributed by atoms with Crippen molar-refractivity contribution < 1.29 is 13.6 Å². The van der Waals surface area contributed by atoms with Gasteiger partial charge in [-0.25, -0.2) is 4.68 Å². The van der Waals surface area contributed by atoms with Gasteiger partial charge in [0.1, 0.15) is 0 Å². The third kappa shape index (κ3) is 4.52. The van der Waals surface area contributed by atoms with Crippen LogP contribution in [0.25, 0.3) is 0 Å². The van der Waals surface area contributed by atoms with E-state index < -0.39 is 6.55 Å². The number of halogens is 3. The van der Waals surface area contributed by atoms with Crippen molar-refractivity contribution in [3.63, 3.8) is 0 Å². The Labute approximate surface area is 170 Å². The molecule has 1 saturated heterocycles. The Morgan fingerprint density at radius 3 is 2.54 bits per heavy atom. The number of nitrogens with one attached hydrogen (secondary N) is 1. The monoisotopic (exact) mass is 412 g/mol. The van der Waals surface area contributed by atoms with Crippen LogP contribution >= 0.6 is 12.4 Å². The van der Waals surface area contributed by atoms with Gasteiger partial charge in [-0.3, -0.25) is 4.79 Å². The van der Waals surface area contributed by atoms with E-state index in [0.29, 0.717) is 34.7 Å². The first-order valence-corrected chi connectivity index (χ1v) is 9.34. The number of hydrogen-bond acceptors (Lipinski definition) is 3.